The van der Waals surface area contributed by atoms with Gasteiger partial charge in [-0.05, 0) is 36.8 Å². The molecule has 0 saturated heterocycles. The summed E-state index contributed by atoms with van der Waals surface area (Å²) in [5.41, 5.74) is 5.10. The van der Waals surface area contributed by atoms with Crippen molar-refractivity contribution in [1.29, 1.82) is 0 Å². The highest BCUT2D eigenvalue weighted by molar-refractivity contribution is 6.32. The van der Waals surface area contributed by atoms with Crippen LogP contribution in [0, 0.1) is 12.7 Å². The molecule has 1 heterocycles. The Morgan fingerprint density at radius 1 is 1.23 bits per heavy atom. The van der Waals surface area contributed by atoms with Crippen molar-refractivity contribution >= 4 is 23.7 Å². The lowest BCUT2D eigenvalue weighted by Crippen LogP contribution is -2.17. The van der Waals surface area contributed by atoms with E-state index in [1.54, 1.807) is 4.68 Å². The molecule has 7 heteroatoms. The first-order valence-electron chi connectivity index (χ1n) is 7.90. The van der Waals surface area contributed by atoms with Crippen molar-refractivity contribution in [1.82, 2.24) is 15.2 Å². The molecule has 0 spiro atoms. The van der Waals surface area contributed by atoms with Crippen LogP contribution < -0.4 is 5.43 Å². The molecule has 1 aromatic heterocycles. The first kappa shape index (κ1) is 17.8. The highest BCUT2D eigenvalue weighted by Crippen LogP contribution is 2.19. The number of rotatable bonds is 5. The van der Waals surface area contributed by atoms with Crippen LogP contribution in [0.1, 0.15) is 27.2 Å². The molecular formula is C19H16ClFN4O. The van der Waals surface area contributed by atoms with Crippen molar-refractivity contribution in [3.63, 3.8) is 0 Å². The second-order valence-electron chi connectivity index (χ2n) is 5.64. The molecule has 0 bridgehead atoms. The Kier molecular flexibility index (Phi) is 5.43. The molecular weight excluding hydrogens is 355 g/mol. The SMILES string of the molecule is Cc1nn(Cc2ccccc2)c(Cl)c1/C=N\NC(=O)c1ccc(F)cc1. The van der Waals surface area contributed by atoms with E-state index in [0.717, 1.165) is 5.56 Å². The molecule has 0 aliphatic rings. The minimum Gasteiger partial charge on any atom is -0.267 e. The largest absolute Gasteiger partial charge is 0.271 e. The zero-order chi connectivity index (χ0) is 18.5. The van der Waals surface area contributed by atoms with Crippen LogP contribution in [-0.4, -0.2) is 21.9 Å². The Morgan fingerprint density at radius 3 is 2.62 bits per heavy atom. The third-order valence-electron chi connectivity index (χ3n) is 3.75. The number of hydrazone groups is 1. The summed E-state index contributed by atoms with van der Waals surface area (Å²) in [6.45, 7) is 2.35. The molecule has 1 amide bonds. The maximum Gasteiger partial charge on any atom is 0.271 e. The lowest BCUT2D eigenvalue weighted by Gasteiger charge is -2.03. The normalized spacial score (nSPS) is 11.0. The number of carbonyl (C=O) groups excluding carboxylic acids is 1. The second kappa shape index (κ2) is 7.93. The Hall–Kier alpha value is -2.99. The van der Waals surface area contributed by atoms with Gasteiger partial charge in [0.05, 0.1) is 24.0 Å². The van der Waals surface area contributed by atoms with Crippen LogP contribution in [0.25, 0.3) is 0 Å². The van der Waals surface area contributed by atoms with Crippen molar-refractivity contribution in [2.24, 2.45) is 5.10 Å². The molecule has 132 valence electrons. The zero-order valence-electron chi connectivity index (χ0n) is 14.0. The summed E-state index contributed by atoms with van der Waals surface area (Å²) in [6.07, 6.45) is 1.45. The number of amides is 1. The average Bonchev–Trinajstić information content (AvgIpc) is 2.90. The molecule has 3 aromatic rings. The number of nitrogens with zero attached hydrogens (tertiary/aromatic N) is 3. The Balaban J connectivity index is 1.70. The molecule has 3 rings (SSSR count). The summed E-state index contributed by atoms with van der Waals surface area (Å²) in [6, 6.07) is 15.0. The van der Waals surface area contributed by atoms with Crippen LogP contribution >= 0.6 is 11.6 Å². The van der Waals surface area contributed by atoms with Crippen molar-refractivity contribution in [2.45, 2.75) is 13.5 Å². The van der Waals surface area contributed by atoms with E-state index in [1.807, 2.05) is 37.3 Å². The van der Waals surface area contributed by atoms with Crippen molar-refractivity contribution in [2.75, 3.05) is 0 Å². The third-order valence-corrected chi connectivity index (χ3v) is 4.15. The Morgan fingerprint density at radius 2 is 1.92 bits per heavy atom. The first-order valence-corrected chi connectivity index (χ1v) is 8.28. The Labute approximate surface area is 155 Å². The van der Waals surface area contributed by atoms with Gasteiger partial charge < -0.3 is 0 Å². The number of aryl methyl sites for hydroxylation is 1. The van der Waals surface area contributed by atoms with E-state index < -0.39 is 11.7 Å². The maximum absolute atomic E-state index is 12.9. The molecule has 0 aliphatic carbocycles. The van der Waals surface area contributed by atoms with Gasteiger partial charge >= 0.3 is 0 Å². The summed E-state index contributed by atoms with van der Waals surface area (Å²) in [5.74, 6) is -0.843. The number of aromatic nitrogens is 2. The van der Waals surface area contributed by atoms with Crippen LogP contribution in [0.4, 0.5) is 4.39 Å². The van der Waals surface area contributed by atoms with E-state index in [9.17, 15) is 9.18 Å². The van der Waals surface area contributed by atoms with Gasteiger partial charge in [-0.15, -0.1) is 0 Å². The molecule has 2 aromatic carbocycles. The van der Waals surface area contributed by atoms with Crippen molar-refractivity contribution < 1.29 is 9.18 Å². The average molecular weight is 371 g/mol. The maximum atomic E-state index is 12.9. The van der Waals surface area contributed by atoms with Gasteiger partial charge in [-0.2, -0.15) is 10.2 Å². The highest BCUT2D eigenvalue weighted by Gasteiger charge is 2.12. The van der Waals surface area contributed by atoms with Gasteiger partial charge in [0.15, 0.2) is 0 Å². The summed E-state index contributed by atoms with van der Waals surface area (Å²) in [4.78, 5) is 12.0. The van der Waals surface area contributed by atoms with Crippen LogP contribution in [-0.2, 0) is 6.54 Å². The number of halogens is 2. The smallest absolute Gasteiger partial charge is 0.267 e. The fraction of sp³-hybridized carbons (Fsp3) is 0.105. The summed E-state index contributed by atoms with van der Waals surface area (Å²) in [5, 5.41) is 8.77. The van der Waals surface area contributed by atoms with E-state index in [0.29, 0.717) is 28.5 Å². The molecule has 0 aliphatic heterocycles. The molecule has 0 atom stereocenters. The molecule has 5 nitrogen and oxygen atoms in total. The van der Waals surface area contributed by atoms with Gasteiger partial charge in [0.25, 0.3) is 5.91 Å². The quantitative estimate of drug-likeness (QED) is 0.548. The van der Waals surface area contributed by atoms with E-state index in [2.05, 4.69) is 15.6 Å². The second-order valence-corrected chi connectivity index (χ2v) is 6.00. The van der Waals surface area contributed by atoms with Crippen LogP contribution in [0.5, 0.6) is 0 Å². The standard InChI is InChI=1S/C19H16ClFN4O/c1-13-17(11-22-23-19(26)15-7-9-16(21)10-8-15)18(20)25(24-13)12-14-5-3-2-4-6-14/h2-11H,12H2,1H3,(H,23,26)/b22-11-. The summed E-state index contributed by atoms with van der Waals surface area (Å²) in [7, 11) is 0. The minimum absolute atomic E-state index is 0.311. The molecule has 0 unspecified atom stereocenters. The lowest BCUT2D eigenvalue weighted by molar-refractivity contribution is 0.0955. The number of hydrogen-bond donors (Lipinski definition) is 1. The highest BCUT2D eigenvalue weighted by atomic mass is 35.5. The minimum atomic E-state index is -0.438. The van der Waals surface area contributed by atoms with Crippen molar-refractivity contribution in [3.8, 4) is 0 Å². The van der Waals surface area contributed by atoms with Gasteiger partial charge in [0.2, 0.25) is 0 Å². The molecule has 0 saturated carbocycles. The van der Waals surface area contributed by atoms with E-state index in [1.165, 1.54) is 30.5 Å². The number of carbonyl (C=O) groups is 1. The molecule has 1 N–H and O–H groups in total. The molecule has 0 fully saturated rings. The predicted molar refractivity (Wildman–Crippen MR) is 99.0 cm³/mol. The predicted octanol–water partition coefficient (Wildman–Crippen LogP) is 3.80. The third kappa shape index (κ3) is 4.15. The molecule has 26 heavy (non-hydrogen) atoms. The summed E-state index contributed by atoms with van der Waals surface area (Å²) >= 11 is 6.38. The number of nitrogens with one attached hydrogen (secondary N) is 1. The Bertz CT molecular complexity index is 936. The topological polar surface area (TPSA) is 59.3 Å². The van der Waals surface area contributed by atoms with E-state index in [-0.39, 0.29) is 0 Å². The zero-order valence-corrected chi connectivity index (χ0v) is 14.7. The van der Waals surface area contributed by atoms with Gasteiger partial charge in [-0.25, -0.2) is 14.5 Å². The van der Waals surface area contributed by atoms with Gasteiger partial charge in [-0.1, -0.05) is 41.9 Å². The van der Waals surface area contributed by atoms with Crippen LogP contribution in [0.15, 0.2) is 59.7 Å². The monoisotopic (exact) mass is 370 g/mol. The summed E-state index contributed by atoms with van der Waals surface area (Å²) < 4.78 is 14.6. The lowest BCUT2D eigenvalue weighted by atomic mass is 10.2. The van der Waals surface area contributed by atoms with E-state index in [4.69, 9.17) is 11.6 Å². The molecule has 0 radical (unpaired) electrons. The number of hydrogen-bond acceptors (Lipinski definition) is 3. The first-order chi connectivity index (χ1) is 12.5. The van der Waals surface area contributed by atoms with Gasteiger partial charge in [0, 0.05) is 5.56 Å². The fourth-order valence-electron chi connectivity index (χ4n) is 2.40. The fourth-order valence-corrected chi connectivity index (χ4v) is 2.68. The van der Waals surface area contributed by atoms with Gasteiger partial charge in [0.1, 0.15) is 11.0 Å². The van der Waals surface area contributed by atoms with Crippen LogP contribution in [0.2, 0.25) is 5.15 Å². The van der Waals surface area contributed by atoms with E-state index >= 15 is 0 Å². The van der Waals surface area contributed by atoms with Crippen molar-refractivity contribution in [3.05, 3.63) is 88.0 Å². The number of benzene rings is 2. The van der Waals surface area contributed by atoms with Gasteiger partial charge in [-0.3, -0.25) is 4.79 Å². The van der Waals surface area contributed by atoms with Crippen LogP contribution in [0.3, 0.4) is 0 Å².